The molecule has 0 unspecified atom stereocenters. The van der Waals surface area contributed by atoms with Crippen molar-refractivity contribution >= 4 is 74.4 Å². The molecule has 3 atom stereocenters. The van der Waals surface area contributed by atoms with Crippen molar-refractivity contribution in [1.82, 2.24) is 58.3 Å². The molecule has 22 nitrogen and oxygen atoms in total. The molecule has 6 aromatic heterocycles. The normalized spacial score (nSPS) is 21.5. The number of aliphatic hydroxyl groups is 3. The summed E-state index contributed by atoms with van der Waals surface area (Å²) in [6.45, 7) is 21.9. The predicted molar refractivity (Wildman–Crippen MR) is 460 cm³/mol. The van der Waals surface area contributed by atoms with E-state index < -0.39 is 0 Å². The molecule has 3 aliphatic carbocycles. The maximum Gasteiger partial charge on any atom is 0.253 e. The Labute approximate surface area is 677 Å². The van der Waals surface area contributed by atoms with Gasteiger partial charge in [-0.05, 0) is 257 Å². The molecule has 15 rings (SSSR count). The molecule has 0 spiro atoms. The highest BCUT2D eigenvalue weighted by Crippen LogP contribution is 2.43. The second-order valence-electron chi connectivity index (χ2n) is 34.0. The summed E-state index contributed by atoms with van der Waals surface area (Å²) in [5, 5.41) is 47.2. The van der Waals surface area contributed by atoms with Crippen molar-refractivity contribution in [1.29, 1.82) is 0 Å². The molecule has 0 bridgehead atoms. The Hall–Kier alpha value is -8.99. The van der Waals surface area contributed by atoms with Crippen molar-refractivity contribution in [2.24, 2.45) is 0 Å². The lowest BCUT2D eigenvalue weighted by Crippen LogP contribution is -2.37. The third-order valence-corrected chi connectivity index (χ3v) is 25.4. The fourth-order valence-corrected chi connectivity index (χ4v) is 18.7. The largest absolute Gasteiger partial charge is 0.393 e. The van der Waals surface area contributed by atoms with Gasteiger partial charge in [0.15, 0.2) is 0 Å². The van der Waals surface area contributed by atoms with Crippen LogP contribution in [0.2, 0.25) is 0 Å². The van der Waals surface area contributed by atoms with Gasteiger partial charge in [0.25, 0.3) is 17.7 Å². The van der Waals surface area contributed by atoms with Crippen molar-refractivity contribution in [3.63, 3.8) is 0 Å². The minimum absolute atomic E-state index is 0. The van der Waals surface area contributed by atoms with Gasteiger partial charge in [0.05, 0.1) is 18.3 Å². The average molecular weight is 1560 g/mol. The number of benzene rings is 3. The van der Waals surface area contributed by atoms with Crippen LogP contribution in [0.15, 0.2) is 110 Å². The third-order valence-electron chi connectivity index (χ3n) is 25.4. The van der Waals surface area contributed by atoms with Gasteiger partial charge < -0.3 is 65.0 Å². The summed E-state index contributed by atoms with van der Waals surface area (Å²) in [5.41, 5.74) is 12.6. The van der Waals surface area contributed by atoms with E-state index in [9.17, 15) is 29.7 Å². The standard InChI is InChI=1S/C32H45N5O2.C30H42N6O2.C30H41N5O2.H2/c1-4-6-22(3)34-32-33-20-28-29(21-37(30(28)35-32)26-12-14-27(38)15-13-26)24-16-18-36(19-17-24)31(39)25-10-8-23(7-5-2)9-11-25;1-4-5-20(2)33-30-32-18-26-27(19-36(28(26)34-30)24-10-12-25(37)13-11-24)21-14-16-35(17-15-21)29(38)22-6-8-23(31-3)9-7-22;1-4-5-21(3)32-30-31-18-26-27(19-35(28(26)33-30)24-10-12-25(36)13-11-24)22-14-16-34(17-15-22)29(37)23-8-6-20(2)7-9-23;/h8-11,20-22,24,26-27,38H,4-7,12-19H2,1-3H3,(H,33,34,35);6-9,18-21,24-25,31,37H,4-5,10-17H2,1-3H3,(H,32,33,34);6-9,18-19,21-22,24-25,36H,4-5,10-17H2,1-3H3,(H,31,32,33);1H/t22-,26?,27?;20-,24?,25?;21-,24?,25?;/m000./s1. The number of aliphatic hydroxyl groups excluding tert-OH is 3. The Balaban J connectivity index is 0.000000159. The van der Waals surface area contributed by atoms with Crippen LogP contribution < -0.4 is 21.3 Å². The van der Waals surface area contributed by atoms with E-state index in [1.54, 1.807) is 0 Å². The first-order chi connectivity index (χ1) is 55.3. The fraction of sp³-hybridized carbons (Fsp3) is 0.576. The van der Waals surface area contributed by atoms with Crippen LogP contribution in [0.4, 0.5) is 23.5 Å². The van der Waals surface area contributed by atoms with E-state index in [1.807, 2.05) is 108 Å². The second-order valence-corrected chi connectivity index (χ2v) is 34.0. The quantitative estimate of drug-likeness (QED) is 0.0297. The van der Waals surface area contributed by atoms with Crippen LogP contribution in [0.3, 0.4) is 0 Å². The number of amides is 3. The summed E-state index contributed by atoms with van der Waals surface area (Å²) in [4.78, 5) is 74.6. The van der Waals surface area contributed by atoms with Gasteiger partial charge in [-0.2, -0.15) is 15.0 Å². The van der Waals surface area contributed by atoms with E-state index in [-0.39, 0.29) is 37.5 Å². The van der Waals surface area contributed by atoms with Crippen LogP contribution in [0.25, 0.3) is 33.1 Å². The number of hydrogen-bond donors (Lipinski definition) is 7. The number of aromatic nitrogens is 9. The average Bonchev–Trinajstić information content (AvgIpc) is 1.63. The summed E-state index contributed by atoms with van der Waals surface area (Å²) in [6.07, 6.45) is 37.5. The zero-order chi connectivity index (χ0) is 79.9. The maximum absolute atomic E-state index is 13.2. The molecule has 6 fully saturated rings. The van der Waals surface area contributed by atoms with Crippen LogP contribution in [0, 0.1) is 6.92 Å². The number of aryl methyl sites for hydroxylation is 2. The number of carbonyl (C=O) groups is 3. The van der Waals surface area contributed by atoms with E-state index in [0.29, 0.717) is 71.8 Å². The lowest BCUT2D eigenvalue weighted by atomic mass is 9.89. The fourth-order valence-electron chi connectivity index (χ4n) is 18.7. The molecular formula is C92H130N16O6. The zero-order valence-electron chi connectivity index (χ0n) is 69.4. The van der Waals surface area contributed by atoms with Crippen LogP contribution in [-0.4, -0.2) is 174 Å². The van der Waals surface area contributed by atoms with Crippen LogP contribution >= 0.6 is 0 Å². The van der Waals surface area contributed by atoms with E-state index in [4.69, 9.17) is 29.9 Å². The lowest BCUT2D eigenvalue weighted by molar-refractivity contribution is 0.0705. The van der Waals surface area contributed by atoms with Crippen LogP contribution in [-0.2, 0) is 6.42 Å². The number of hydrogen-bond acceptors (Lipinski definition) is 16. The van der Waals surface area contributed by atoms with Crippen LogP contribution in [0.1, 0.15) is 305 Å². The Morgan fingerprint density at radius 2 is 0.702 bits per heavy atom. The van der Waals surface area contributed by atoms with Gasteiger partial charge in [0.1, 0.15) is 16.9 Å². The van der Waals surface area contributed by atoms with Gasteiger partial charge in [0.2, 0.25) is 17.8 Å². The van der Waals surface area contributed by atoms with E-state index >= 15 is 0 Å². The smallest absolute Gasteiger partial charge is 0.253 e. The highest BCUT2D eigenvalue weighted by atomic mass is 16.3. The summed E-state index contributed by atoms with van der Waals surface area (Å²) < 4.78 is 7.08. The zero-order valence-corrected chi connectivity index (χ0v) is 69.4. The minimum atomic E-state index is -0.189. The number of rotatable bonds is 24. The second kappa shape index (κ2) is 39.1. The molecule has 3 amide bonds. The van der Waals surface area contributed by atoms with Crippen molar-refractivity contribution in [3.05, 3.63) is 154 Å². The first-order valence-electron chi connectivity index (χ1n) is 43.6. The Morgan fingerprint density at radius 3 is 0.982 bits per heavy atom. The van der Waals surface area contributed by atoms with Gasteiger partial charge >= 0.3 is 0 Å². The third kappa shape index (κ3) is 20.3. The van der Waals surface area contributed by atoms with Crippen molar-refractivity contribution in [2.75, 3.05) is 67.6 Å². The van der Waals surface area contributed by atoms with Crippen molar-refractivity contribution in [2.45, 2.75) is 295 Å². The summed E-state index contributed by atoms with van der Waals surface area (Å²) in [7, 11) is 1.88. The van der Waals surface area contributed by atoms with E-state index in [2.05, 4.69) is 114 Å². The Bertz CT molecular complexity index is 4590. The molecule has 9 heterocycles. The maximum atomic E-state index is 13.2. The predicted octanol–water partition coefficient (Wildman–Crippen LogP) is 18.1. The van der Waals surface area contributed by atoms with Gasteiger partial charge in [-0.3, -0.25) is 14.4 Å². The molecule has 3 saturated heterocycles. The Morgan fingerprint density at radius 1 is 0.412 bits per heavy atom. The topological polar surface area (TPSA) is 262 Å². The summed E-state index contributed by atoms with van der Waals surface area (Å²) >= 11 is 0. The number of anilines is 4. The number of likely N-dealkylation sites (tertiary alicyclic amines) is 3. The highest BCUT2D eigenvalue weighted by molar-refractivity contribution is 5.96. The molecule has 7 N–H and O–H groups in total. The molecule has 22 heteroatoms. The number of nitrogens with zero attached hydrogens (tertiary/aromatic N) is 12. The molecule has 3 aromatic carbocycles. The number of carbonyl (C=O) groups excluding carboxylic acids is 3. The first kappa shape index (κ1) is 83.0. The molecule has 9 aromatic rings. The SMILES string of the molecule is CCC[C@H](C)Nc1ncc2c(C3CCN(C(=O)c4ccc(C)cc4)CC3)cn(C3CCC(O)CC3)c2n1.CCC[C@H](C)Nc1ncc2c(C3CCN(C(=O)c4ccc(NC)cc4)CC3)cn(C3CCC(O)CC3)c2n1.CCCc1ccc(C(=O)N2CCC(c3cn(C4CCC(O)CC4)c4nc(N[C@@H](C)CCC)ncc34)CC2)cc1.[HH]. The Kier molecular flexibility index (Phi) is 28.5. The molecule has 0 radical (unpaired) electrons. The van der Waals surface area contributed by atoms with E-state index in [0.717, 1.165) is 262 Å². The number of nitrogens with one attached hydrogen (secondary N) is 4. The molecule has 3 aliphatic heterocycles. The van der Waals surface area contributed by atoms with Gasteiger partial charge in [0, 0.05) is 160 Å². The monoisotopic (exact) mass is 1560 g/mol. The minimum Gasteiger partial charge on any atom is -0.393 e. The molecule has 614 valence electrons. The molecular weight excluding hydrogens is 1430 g/mol. The van der Waals surface area contributed by atoms with Gasteiger partial charge in [-0.25, -0.2) is 15.0 Å². The summed E-state index contributed by atoms with van der Waals surface area (Å²) in [5.74, 6) is 3.55. The molecule has 3 saturated carbocycles. The summed E-state index contributed by atoms with van der Waals surface area (Å²) in [6, 6.07) is 25.7. The lowest BCUT2D eigenvalue weighted by Gasteiger charge is -2.32. The van der Waals surface area contributed by atoms with Crippen LogP contribution in [0.5, 0.6) is 0 Å². The van der Waals surface area contributed by atoms with E-state index in [1.165, 1.54) is 27.8 Å². The number of fused-ring (bicyclic) bond motifs is 3. The van der Waals surface area contributed by atoms with Gasteiger partial charge in [-0.15, -0.1) is 0 Å². The first-order valence-corrected chi connectivity index (χ1v) is 43.6. The highest BCUT2D eigenvalue weighted by Gasteiger charge is 2.35. The molecule has 114 heavy (non-hydrogen) atoms. The van der Waals surface area contributed by atoms with Gasteiger partial charge in [-0.1, -0.05) is 83.2 Å². The number of piperidine rings is 3. The van der Waals surface area contributed by atoms with Crippen molar-refractivity contribution in [3.8, 4) is 0 Å². The molecule has 6 aliphatic rings. The van der Waals surface area contributed by atoms with Crippen molar-refractivity contribution < 1.29 is 31.1 Å².